The van der Waals surface area contributed by atoms with Crippen molar-refractivity contribution in [2.24, 2.45) is 0 Å². The predicted octanol–water partition coefficient (Wildman–Crippen LogP) is 4.39. The molecule has 0 heterocycles. The zero-order chi connectivity index (χ0) is 16.1. The minimum absolute atomic E-state index is 0.0558. The van der Waals surface area contributed by atoms with E-state index in [1.807, 2.05) is 18.2 Å². The molecule has 0 spiro atoms. The van der Waals surface area contributed by atoms with Gasteiger partial charge in [0.2, 0.25) is 0 Å². The van der Waals surface area contributed by atoms with Crippen LogP contribution in [0, 0.1) is 5.82 Å². The summed E-state index contributed by atoms with van der Waals surface area (Å²) in [6, 6.07) is 11.0. The number of hydrogen-bond acceptors (Lipinski definition) is 2. The first-order valence-electron chi connectivity index (χ1n) is 6.59. The highest BCUT2D eigenvalue weighted by Gasteiger charge is 2.15. The van der Waals surface area contributed by atoms with E-state index in [-0.39, 0.29) is 17.5 Å². The van der Waals surface area contributed by atoms with Gasteiger partial charge < -0.3 is 10.1 Å². The largest absolute Gasteiger partial charge is 0.484 e. The van der Waals surface area contributed by atoms with Crippen LogP contribution in [0.2, 0.25) is 10.0 Å². The van der Waals surface area contributed by atoms with Gasteiger partial charge in [-0.3, -0.25) is 4.79 Å². The van der Waals surface area contributed by atoms with E-state index in [2.05, 4.69) is 5.32 Å². The summed E-state index contributed by atoms with van der Waals surface area (Å²) < 4.78 is 18.8. The van der Waals surface area contributed by atoms with Crippen molar-refractivity contribution < 1.29 is 13.9 Å². The zero-order valence-electron chi connectivity index (χ0n) is 11.8. The van der Waals surface area contributed by atoms with Crippen molar-refractivity contribution in [2.45, 2.75) is 13.0 Å². The van der Waals surface area contributed by atoms with Crippen LogP contribution in [-0.4, -0.2) is 12.5 Å². The van der Waals surface area contributed by atoms with Gasteiger partial charge in [-0.25, -0.2) is 4.39 Å². The fourth-order valence-corrected chi connectivity index (χ4v) is 2.44. The quantitative estimate of drug-likeness (QED) is 0.819. The minimum atomic E-state index is -0.581. The molecule has 0 aliphatic carbocycles. The first kappa shape index (κ1) is 16.6. The van der Waals surface area contributed by atoms with Crippen LogP contribution in [0.15, 0.2) is 42.5 Å². The van der Waals surface area contributed by atoms with E-state index in [0.29, 0.717) is 16.3 Å². The second kappa shape index (κ2) is 7.47. The van der Waals surface area contributed by atoms with Crippen molar-refractivity contribution in [3.8, 4) is 5.75 Å². The number of carbonyl (C=O) groups excluding carboxylic acids is 1. The second-order valence-electron chi connectivity index (χ2n) is 4.68. The Labute approximate surface area is 138 Å². The standard InChI is InChI=1S/C16H14Cl2FNO2/c1-10(12-7-15(19)14(18)8-13(12)17)20-16(21)9-22-11-5-3-2-4-6-11/h2-8,10H,9H2,1H3,(H,20,21)/t10-/m0/s1. The Bertz CT molecular complexity index is 665. The fraction of sp³-hybridized carbons (Fsp3) is 0.188. The maximum absolute atomic E-state index is 13.5. The van der Waals surface area contributed by atoms with E-state index in [4.69, 9.17) is 27.9 Å². The highest BCUT2D eigenvalue weighted by atomic mass is 35.5. The Morgan fingerprint density at radius 2 is 1.91 bits per heavy atom. The molecule has 1 atom stereocenters. The van der Waals surface area contributed by atoms with Crippen molar-refractivity contribution in [3.05, 3.63) is 63.9 Å². The number of amides is 1. The van der Waals surface area contributed by atoms with Gasteiger partial charge in [-0.05, 0) is 36.8 Å². The highest BCUT2D eigenvalue weighted by molar-refractivity contribution is 6.35. The molecule has 22 heavy (non-hydrogen) atoms. The summed E-state index contributed by atoms with van der Waals surface area (Å²) in [4.78, 5) is 11.9. The van der Waals surface area contributed by atoms with Crippen LogP contribution in [0.5, 0.6) is 5.75 Å². The normalized spacial score (nSPS) is 11.8. The van der Waals surface area contributed by atoms with Gasteiger partial charge in [0.25, 0.3) is 5.91 Å². The molecule has 3 nitrogen and oxygen atoms in total. The van der Waals surface area contributed by atoms with Crippen LogP contribution in [-0.2, 0) is 4.79 Å². The molecule has 0 bridgehead atoms. The minimum Gasteiger partial charge on any atom is -0.484 e. The molecule has 6 heteroatoms. The van der Waals surface area contributed by atoms with Crippen molar-refractivity contribution in [2.75, 3.05) is 6.61 Å². The lowest BCUT2D eigenvalue weighted by atomic mass is 10.1. The van der Waals surface area contributed by atoms with Gasteiger partial charge in [-0.15, -0.1) is 0 Å². The lowest BCUT2D eigenvalue weighted by Crippen LogP contribution is -2.31. The van der Waals surface area contributed by atoms with Crippen molar-refractivity contribution in [1.82, 2.24) is 5.32 Å². The van der Waals surface area contributed by atoms with Crippen LogP contribution >= 0.6 is 23.2 Å². The van der Waals surface area contributed by atoms with E-state index in [9.17, 15) is 9.18 Å². The molecule has 0 aliphatic rings. The van der Waals surface area contributed by atoms with Crippen LogP contribution in [0.4, 0.5) is 4.39 Å². The topological polar surface area (TPSA) is 38.3 Å². The Kier molecular flexibility index (Phi) is 5.63. The van der Waals surface area contributed by atoms with Crippen molar-refractivity contribution >= 4 is 29.1 Å². The Hall–Kier alpha value is -1.78. The molecular formula is C16H14Cl2FNO2. The number of carbonyl (C=O) groups is 1. The van der Waals surface area contributed by atoms with Gasteiger partial charge in [-0.1, -0.05) is 41.4 Å². The fourth-order valence-electron chi connectivity index (χ4n) is 1.90. The van der Waals surface area contributed by atoms with E-state index in [0.717, 1.165) is 0 Å². The molecule has 0 saturated carbocycles. The third-order valence-electron chi connectivity index (χ3n) is 3.00. The van der Waals surface area contributed by atoms with Crippen LogP contribution < -0.4 is 10.1 Å². The number of rotatable bonds is 5. The summed E-state index contributed by atoms with van der Waals surface area (Å²) in [5, 5.41) is 2.93. The van der Waals surface area contributed by atoms with Crippen LogP contribution in [0.1, 0.15) is 18.5 Å². The maximum Gasteiger partial charge on any atom is 0.258 e. The van der Waals surface area contributed by atoms with Gasteiger partial charge in [0.15, 0.2) is 6.61 Å². The molecule has 0 aliphatic heterocycles. The Morgan fingerprint density at radius 1 is 1.23 bits per heavy atom. The second-order valence-corrected chi connectivity index (χ2v) is 5.49. The van der Waals surface area contributed by atoms with E-state index < -0.39 is 11.9 Å². The molecule has 116 valence electrons. The summed E-state index contributed by atoms with van der Waals surface area (Å²) in [6.45, 7) is 1.57. The van der Waals surface area contributed by atoms with Crippen molar-refractivity contribution in [1.29, 1.82) is 0 Å². The summed E-state index contributed by atoms with van der Waals surface area (Å²) in [7, 11) is 0. The Morgan fingerprint density at radius 3 is 2.59 bits per heavy atom. The molecule has 0 aromatic heterocycles. The molecule has 2 rings (SSSR count). The average molecular weight is 342 g/mol. The zero-order valence-corrected chi connectivity index (χ0v) is 13.3. The molecule has 2 aromatic rings. The molecule has 2 aromatic carbocycles. The summed E-state index contributed by atoms with van der Waals surface area (Å²) >= 11 is 11.7. The smallest absolute Gasteiger partial charge is 0.258 e. The molecule has 0 saturated heterocycles. The van der Waals surface area contributed by atoms with Gasteiger partial charge in [0.1, 0.15) is 11.6 Å². The lowest BCUT2D eigenvalue weighted by molar-refractivity contribution is -0.123. The first-order valence-corrected chi connectivity index (χ1v) is 7.34. The number of nitrogens with one attached hydrogen (secondary N) is 1. The third kappa shape index (κ3) is 4.36. The van der Waals surface area contributed by atoms with E-state index in [1.165, 1.54) is 12.1 Å². The highest BCUT2D eigenvalue weighted by Crippen LogP contribution is 2.28. The van der Waals surface area contributed by atoms with Gasteiger partial charge >= 0.3 is 0 Å². The monoisotopic (exact) mass is 341 g/mol. The van der Waals surface area contributed by atoms with Crippen LogP contribution in [0.3, 0.4) is 0 Å². The van der Waals surface area contributed by atoms with E-state index in [1.54, 1.807) is 19.1 Å². The van der Waals surface area contributed by atoms with Gasteiger partial charge in [-0.2, -0.15) is 0 Å². The van der Waals surface area contributed by atoms with Crippen LogP contribution in [0.25, 0.3) is 0 Å². The number of ether oxygens (including phenoxy) is 1. The molecular weight excluding hydrogens is 328 g/mol. The van der Waals surface area contributed by atoms with Crippen molar-refractivity contribution in [3.63, 3.8) is 0 Å². The lowest BCUT2D eigenvalue weighted by Gasteiger charge is -2.16. The van der Waals surface area contributed by atoms with Gasteiger partial charge in [0.05, 0.1) is 11.1 Å². The predicted molar refractivity (Wildman–Crippen MR) is 84.9 cm³/mol. The van der Waals surface area contributed by atoms with E-state index >= 15 is 0 Å². The molecule has 0 radical (unpaired) electrons. The first-order chi connectivity index (χ1) is 10.5. The number of halogens is 3. The molecule has 0 fully saturated rings. The van der Waals surface area contributed by atoms with Gasteiger partial charge in [0, 0.05) is 5.02 Å². The molecule has 1 amide bonds. The number of para-hydroxylation sites is 1. The summed E-state index contributed by atoms with van der Waals surface area (Å²) in [6.07, 6.45) is 0. The number of hydrogen-bond donors (Lipinski definition) is 1. The average Bonchev–Trinajstić information content (AvgIpc) is 2.50. The summed E-state index contributed by atoms with van der Waals surface area (Å²) in [5.74, 6) is -0.314. The third-order valence-corrected chi connectivity index (χ3v) is 3.61. The number of benzene rings is 2. The SMILES string of the molecule is C[C@H](NC(=O)COc1ccccc1)c1cc(F)c(Cl)cc1Cl. The molecule has 1 N–H and O–H groups in total. The maximum atomic E-state index is 13.5. The Balaban J connectivity index is 1.95. The molecule has 0 unspecified atom stereocenters. The summed E-state index contributed by atoms with van der Waals surface area (Å²) in [5.41, 5.74) is 0.455.